The Morgan fingerprint density at radius 2 is 2.00 bits per heavy atom. The van der Waals surface area contributed by atoms with Crippen LogP contribution in [0.1, 0.15) is 37.9 Å². The zero-order chi connectivity index (χ0) is 10.9. The third-order valence-electron chi connectivity index (χ3n) is 2.44. The van der Waals surface area contributed by atoms with E-state index in [1.807, 2.05) is 6.92 Å². The standard InChI is InChI=1S/C11H18N2O/c1-7-5-9(14)13-6-8(7)10(12)11(2,3)4/h5-6,10H,12H2,1-4H3,(H,13,14)/t10-/m1/s1. The van der Waals surface area contributed by atoms with Crippen LogP contribution in [0.3, 0.4) is 0 Å². The van der Waals surface area contributed by atoms with Gasteiger partial charge in [0.1, 0.15) is 0 Å². The normalized spacial score (nSPS) is 14.1. The molecule has 1 aromatic rings. The molecule has 1 aromatic heterocycles. The number of aromatic nitrogens is 1. The molecule has 1 rings (SSSR count). The minimum Gasteiger partial charge on any atom is -0.329 e. The van der Waals surface area contributed by atoms with Gasteiger partial charge in [-0.05, 0) is 23.5 Å². The Morgan fingerprint density at radius 1 is 1.43 bits per heavy atom. The molecule has 0 radical (unpaired) electrons. The quantitative estimate of drug-likeness (QED) is 0.715. The lowest BCUT2D eigenvalue weighted by atomic mass is 9.82. The maximum atomic E-state index is 11.0. The molecule has 0 saturated carbocycles. The summed E-state index contributed by atoms with van der Waals surface area (Å²) in [6, 6.07) is 1.53. The SMILES string of the molecule is Cc1cc(=O)[nH]cc1[C@@H](N)C(C)(C)C. The molecule has 0 amide bonds. The van der Waals surface area contributed by atoms with Gasteiger partial charge in [-0.15, -0.1) is 0 Å². The average Bonchev–Trinajstić information content (AvgIpc) is 2.01. The van der Waals surface area contributed by atoms with Crippen molar-refractivity contribution < 1.29 is 0 Å². The highest BCUT2D eigenvalue weighted by atomic mass is 16.1. The van der Waals surface area contributed by atoms with Crippen LogP contribution in [0.2, 0.25) is 0 Å². The number of hydrogen-bond acceptors (Lipinski definition) is 2. The van der Waals surface area contributed by atoms with Crippen LogP contribution in [0.15, 0.2) is 17.1 Å². The van der Waals surface area contributed by atoms with Gasteiger partial charge in [-0.2, -0.15) is 0 Å². The molecule has 0 bridgehead atoms. The first kappa shape index (κ1) is 11.0. The van der Waals surface area contributed by atoms with E-state index in [1.165, 1.54) is 0 Å². The highest BCUT2D eigenvalue weighted by molar-refractivity contribution is 5.26. The van der Waals surface area contributed by atoms with Crippen LogP contribution in [-0.2, 0) is 0 Å². The van der Waals surface area contributed by atoms with Gasteiger partial charge in [-0.3, -0.25) is 4.79 Å². The van der Waals surface area contributed by atoms with Crippen LogP contribution in [0.4, 0.5) is 0 Å². The van der Waals surface area contributed by atoms with E-state index in [-0.39, 0.29) is 17.0 Å². The molecule has 0 aliphatic heterocycles. The van der Waals surface area contributed by atoms with Crippen LogP contribution in [0.5, 0.6) is 0 Å². The van der Waals surface area contributed by atoms with Crippen molar-refractivity contribution in [1.82, 2.24) is 4.98 Å². The Labute approximate surface area is 84.3 Å². The fourth-order valence-corrected chi connectivity index (χ4v) is 1.39. The maximum Gasteiger partial charge on any atom is 0.248 e. The summed E-state index contributed by atoms with van der Waals surface area (Å²) in [7, 11) is 0. The molecule has 0 fully saturated rings. The van der Waals surface area contributed by atoms with E-state index in [0.29, 0.717) is 0 Å². The molecule has 78 valence electrons. The van der Waals surface area contributed by atoms with Gasteiger partial charge in [-0.25, -0.2) is 0 Å². The van der Waals surface area contributed by atoms with Gasteiger partial charge < -0.3 is 10.7 Å². The zero-order valence-corrected chi connectivity index (χ0v) is 9.22. The summed E-state index contributed by atoms with van der Waals surface area (Å²) in [5.41, 5.74) is 7.99. The van der Waals surface area contributed by atoms with Gasteiger partial charge in [0.15, 0.2) is 0 Å². The second-order valence-corrected chi connectivity index (χ2v) is 4.78. The molecule has 0 aromatic carbocycles. The van der Waals surface area contributed by atoms with E-state index < -0.39 is 0 Å². The molecule has 0 aliphatic rings. The van der Waals surface area contributed by atoms with Crippen molar-refractivity contribution in [3.8, 4) is 0 Å². The van der Waals surface area contributed by atoms with Crippen molar-refractivity contribution in [2.24, 2.45) is 11.1 Å². The topological polar surface area (TPSA) is 58.9 Å². The second-order valence-electron chi connectivity index (χ2n) is 4.78. The smallest absolute Gasteiger partial charge is 0.248 e. The number of nitrogens with two attached hydrogens (primary N) is 1. The van der Waals surface area contributed by atoms with E-state index in [1.54, 1.807) is 12.3 Å². The van der Waals surface area contributed by atoms with Gasteiger partial charge in [0, 0.05) is 18.3 Å². The molecule has 14 heavy (non-hydrogen) atoms. The fraction of sp³-hybridized carbons (Fsp3) is 0.545. The number of aromatic amines is 1. The summed E-state index contributed by atoms with van der Waals surface area (Å²) in [4.78, 5) is 13.7. The Balaban J connectivity index is 3.14. The lowest BCUT2D eigenvalue weighted by Crippen LogP contribution is -2.27. The van der Waals surface area contributed by atoms with E-state index in [9.17, 15) is 4.79 Å². The van der Waals surface area contributed by atoms with E-state index in [0.717, 1.165) is 11.1 Å². The Hall–Kier alpha value is -1.09. The van der Waals surface area contributed by atoms with Crippen molar-refractivity contribution in [2.75, 3.05) is 0 Å². The highest BCUT2D eigenvalue weighted by Gasteiger charge is 2.23. The van der Waals surface area contributed by atoms with Crippen molar-refractivity contribution in [3.63, 3.8) is 0 Å². The molecule has 0 saturated heterocycles. The minimum absolute atomic E-state index is 0.00298. The Kier molecular flexibility index (Phi) is 2.81. The van der Waals surface area contributed by atoms with Crippen LogP contribution < -0.4 is 11.3 Å². The predicted octanol–water partition coefficient (Wildman–Crippen LogP) is 1.73. The van der Waals surface area contributed by atoms with Crippen LogP contribution >= 0.6 is 0 Å². The van der Waals surface area contributed by atoms with E-state index in [4.69, 9.17) is 5.73 Å². The average molecular weight is 194 g/mol. The summed E-state index contributed by atoms with van der Waals surface area (Å²) in [5, 5.41) is 0. The van der Waals surface area contributed by atoms with Gasteiger partial charge in [0.25, 0.3) is 0 Å². The molecule has 0 unspecified atom stereocenters. The molecule has 1 atom stereocenters. The minimum atomic E-state index is -0.0765. The van der Waals surface area contributed by atoms with Crippen molar-refractivity contribution >= 4 is 0 Å². The second kappa shape index (κ2) is 3.58. The van der Waals surface area contributed by atoms with Crippen molar-refractivity contribution in [2.45, 2.75) is 33.7 Å². The summed E-state index contributed by atoms with van der Waals surface area (Å²) in [6.07, 6.45) is 1.72. The third-order valence-corrected chi connectivity index (χ3v) is 2.44. The number of nitrogens with one attached hydrogen (secondary N) is 1. The first-order valence-corrected chi connectivity index (χ1v) is 4.77. The Morgan fingerprint density at radius 3 is 2.43 bits per heavy atom. The van der Waals surface area contributed by atoms with Crippen LogP contribution in [0.25, 0.3) is 0 Å². The number of aryl methyl sites for hydroxylation is 1. The first-order valence-electron chi connectivity index (χ1n) is 4.77. The Bertz CT molecular complexity index is 374. The number of rotatable bonds is 1. The molecular weight excluding hydrogens is 176 g/mol. The van der Waals surface area contributed by atoms with Gasteiger partial charge in [0.05, 0.1) is 0 Å². The first-order chi connectivity index (χ1) is 6.32. The highest BCUT2D eigenvalue weighted by Crippen LogP contribution is 2.30. The lowest BCUT2D eigenvalue weighted by molar-refractivity contribution is 0.325. The summed E-state index contributed by atoms with van der Waals surface area (Å²) < 4.78 is 0. The summed E-state index contributed by atoms with van der Waals surface area (Å²) in [5.74, 6) is 0. The van der Waals surface area contributed by atoms with E-state index >= 15 is 0 Å². The molecule has 3 N–H and O–H groups in total. The number of hydrogen-bond donors (Lipinski definition) is 2. The monoisotopic (exact) mass is 194 g/mol. The molecule has 0 aliphatic carbocycles. The van der Waals surface area contributed by atoms with Crippen LogP contribution in [-0.4, -0.2) is 4.98 Å². The molecule has 0 spiro atoms. The van der Waals surface area contributed by atoms with Gasteiger partial charge in [0.2, 0.25) is 5.56 Å². The van der Waals surface area contributed by atoms with E-state index in [2.05, 4.69) is 25.8 Å². The van der Waals surface area contributed by atoms with Crippen molar-refractivity contribution in [1.29, 1.82) is 0 Å². The molecule has 3 heteroatoms. The van der Waals surface area contributed by atoms with Gasteiger partial charge in [-0.1, -0.05) is 20.8 Å². The van der Waals surface area contributed by atoms with Crippen molar-refractivity contribution in [3.05, 3.63) is 33.7 Å². The lowest BCUT2D eigenvalue weighted by Gasteiger charge is -2.28. The number of H-pyrrole nitrogens is 1. The zero-order valence-electron chi connectivity index (χ0n) is 9.22. The largest absolute Gasteiger partial charge is 0.329 e. The summed E-state index contributed by atoms with van der Waals surface area (Å²) in [6.45, 7) is 8.17. The number of pyridine rings is 1. The fourth-order valence-electron chi connectivity index (χ4n) is 1.39. The molecule has 1 heterocycles. The predicted molar refractivity (Wildman–Crippen MR) is 58.2 cm³/mol. The molecular formula is C11H18N2O. The van der Waals surface area contributed by atoms with Crippen LogP contribution in [0, 0.1) is 12.3 Å². The van der Waals surface area contributed by atoms with Gasteiger partial charge >= 0.3 is 0 Å². The summed E-state index contributed by atoms with van der Waals surface area (Å²) >= 11 is 0. The third kappa shape index (κ3) is 2.23. The molecule has 3 nitrogen and oxygen atoms in total. The maximum absolute atomic E-state index is 11.0.